The number of hydrogen-bond acceptors (Lipinski definition) is 4. The number of nitrogens with zero attached hydrogens (tertiary/aromatic N) is 5. The van der Waals surface area contributed by atoms with Crippen LogP contribution in [0, 0.1) is 0 Å². The number of nitrogens with one attached hydrogen (secondary N) is 1. The number of guanidine groups is 1. The highest BCUT2D eigenvalue weighted by Gasteiger charge is 2.18. The zero-order valence-corrected chi connectivity index (χ0v) is 21.0. The topological polar surface area (TPSA) is 47.0 Å². The molecule has 164 valence electrons. The van der Waals surface area contributed by atoms with E-state index >= 15 is 0 Å². The largest absolute Gasteiger partial charge is 0.354 e. The van der Waals surface area contributed by atoms with Crippen LogP contribution in [0.25, 0.3) is 0 Å². The van der Waals surface area contributed by atoms with E-state index in [0.29, 0.717) is 6.54 Å². The molecule has 1 fully saturated rings. The lowest BCUT2D eigenvalue weighted by atomic mass is 10.1. The molecule has 3 rings (SSSR count). The molecule has 0 unspecified atom stereocenters. The first kappa shape index (κ1) is 24.4. The summed E-state index contributed by atoms with van der Waals surface area (Å²) >= 11 is 0. The first-order valence-corrected chi connectivity index (χ1v) is 10.5. The van der Waals surface area contributed by atoms with Crippen molar-refractivity contribution in [3.63, 3.8) is 0 Å². The molecule has 0 aliphatic carbocycles. The maximum atomic E-state index is 4.67. The number of anilines is 1. The van der Waals surface area contributed by atoms with E-state index in [2.05, 4.69) is 81.3 Å². The summed E-state index contributed by atoms with van der Waals surface area (Å²) in [5, 5.41) is 3.52. The number of rotatable bonds is 6. The number of halogens is 1. The van der Waals surface area contributed by atoms with Gasteiger partial charge in [0.1, 0.15) is 5.82 Å². The van der Waals surface area contributed by atoms with Gasteiger partial charge in [-0.15, -0.1) is 24.0 Å². The van der Waals surface area contributed by atoms with E-state index in [4.69, 9.17) is 0 Å². The molecule has 0 bridgehead atoms. The molecule has 30 heavy (non-hydrogen) atoms. The molecule has 2 aromatic rings. The van der Waals surface area contributed by atoms with Gasteiger partial charge in [0.25, 0.3) is 0 Å². The summed E-state index contributed by atoms with van der Waals surface area (Å²) in [6, 6.07) is 13.0. The van der Waals surface area contributed by atoms with Crippen LogP contribution in [0.3, 0.4) is 0 Å². The van der Waals surface area contributed by atoms with Crippen molar-refractivity contribution in [1.82, 2.24) is 20.1 Å². The van der Waals surface area contributed by atoms with Crippen LogP contribution in [0.15, 0.2) is 47.6 Å². The van der Waals surface area contributed by atoms with E-state index < -0.39 is 0 Å². The predicted molar refractivity (Wildman–Crippen MR) is 137 cm³/mol. The molecule has 1 aromatic heterocycles. The maximum Gasteiger partial charge on any atom is 0.193 e. The van der Waals surface area contributed by atoms with Crippen molar-refractivity contribution in [3.8, 4) is 0 Å². The normalized spacial score (nSPS) is 14.9. The lowest BCUT2D eigenvalue weighted by Crippen LogP contribution is -2.45. The second-order valence-corrected chi connectivity index (χ2v) is 7.70. The molecule has 0 atom stereocenters. The van der Waals surface area contributed by atoms with Crippen molar-refractivity contribution in [1.29, 1.82) is 0 Å². The monoisotopic (exact) mass is 522 g/mol. The molecule has 1 aliphatic rings. The van der Waals surface area contributed by atoms with Gasteiger partial charge in [-0.2, -0.15) is 0 Å². The molecule has 7 heteroatoms. The lowest BCUT2D eigenvalue weighted by molar-refractivity contribution is 0.311. The molecule has 1 aliphatic heterocycles. The Balaban J connectivity index is 0.00000320. The number of aromatic nitrogens is 1. The van der Waals surface area contributed by atoms with E-state index in [1.807, 2.05) is 19.3 Å². The Bertz CT molecular complexity index is 800. The third-order valence-electron chi connectivity index (χ3n) is 5.53. The quantitative estimate of drug-likeness (QED) is 0.359. The molecule has 6 nitrogen and oxygen atoms in total. The standard InChI is InChI=1S/C23H34N6.HI/c1-5-19-8-10-20(11-9-19)18-28(4)23(24-2)26-17-21-7-6-12-25-22(21)29-15-13-27(3)14-16-29;/h6-12H,5,13-18H2,1-4H3,(H,24,26);1H. The Morgan fingerprint density at radius 3 is 2.40 bits per heavy atom. The molecule has 1 aromatic carbocycles. The summed E-state index contributed by atoms with van der Waals surface area (Å²) in [6.45, 7) is 7.90. The molecular formula is C23H35IN6. The smallest absolute Gasteiger partial charge is 0.193 e. The van der Waals surface area contributed by atoms with Crippen LogP contribution in [0.2, 0.25) is 0 Å². The average Bonchev–Trinajstić information content (AvgIpc) is 2.75. The minimum Gasteiger partial charge on any atom is -0.354 e. The van der Waals surface area contributed by atoms with Crippen molar-refractivity contribution in [3.05, 3.63) is 59.3 Å². The van der Waals surface area contributed by atoms with Gasteiger partial charge < -0.3 is 20.0 Å². The summed E-state index contributed by atoms with van der Waals surface area (Å²) < 4.78 is 0. The average molecular weight is 522 g/mol. The predicted octanol–water partition coefficient (Wildman–Crippen LogP) is 3.22. The zero-order chi connectivity index (χ0) is 20.6. The van der Waals surface area contributed by atoms with Crippen molar-refractivity contribution in [2.75, 3.05) is 52.2 Å². The van der Waals surface area contributed by atoms with Gasteiger partial charge in [0.2, 0.25) is 0 Å². The van der Waals surface area contributed by atoms with Crippen LogP contribution in [0.4, 0.5) is 5.82 Å². The number of aryl methyl sites for hydroxylation is 1. The van der Waals surface area contributed by atoms with Gasteiger partial charge in [-0.3, -0.25) is 4.99 Å². The summed E-state index contributed by atoms with van der Waals surface area (Å²) in [7, 11) is 6.09. The van der Waals surface area contributed by atoms with E-state index in [1.54, 1.807) is 0 Å². The third-order valence-corrected chi connectivity index (χ3v) is 5.53. The molecule has 0 spiro atoms. The van der Waals surface area contributed by atoms with Crippen molar-refractivity contribution < 1.29 is 0 Å². The van der Waals surface area contributed by atoms with Gasteiger partial charge in [-0.25, -0.2) is 4.98 Å². The summed E-state index contributed by atoms with van der Waals surface area (Å²) in [4.78, 5) is 16.1. The molecule has 1 saturated heterocycles. The van der Waals surface area contributed by atoms with Crippen LogP contribution in [0.5, 0.6) is 0 Å². The number of piperazine rings is 1. The molecular weight excluding hydrogens is 487 g/mol. The first-order valence-electron chi connectivity index (χ1n) is 10.5. The van der Waals surface area contributed by atoms with Crippen LogP contribution < -0.4 is 10.2 Å². The Morgan fingerprint density at radius 1 is 1.10 bits per heavy atom. The van der Waals surface area contributed by atoms with Gasteiger partial charge in [0, 0.05) is 65.1 Å². The molecule has 0 saturated carbocycles. The number of likely N-dealkylation sites (N-methyl/N-ethyl adjacent to an activating group) is 1. The van der Waals surface area contributed by atoms with Crippen molar-refractivity contribution >= 4 is 35.8 Å². The minimum absolute atomic E-state index is 0. The van der Waals surface area contributed by atoms with Gasteiger partial charge in [-0.05, 0) is 30.7 Å². The zero-order valence-electron chi connectivity index (χ0n) is 18.6. The fraction of sp³-hybridized carbons (Fsp3) is 0.478. The summed E-state index contributed by atoms with van der Waals surface area (Å²) in [5.41, 5.74) is 3.86. The molecule has 0 radical (unpaired) electrons. The second kappa shape index (κ2) is 12.1. The fourth-order valence-corrected chi connectivity index (χ4v) is 3.66. The lowest BCUT2D eigenvalue weighted by Gasteiger charge is -2.34. The Morgan fingerprint density at radius 2 is 1.77 bits per heavy atom. The van der Waals surface area contributed by atoms with Gasteiger partial charge in [0.05, 0.1) is 0 Å². The third kappa shape index (κ3) is 6.57. The van der Waals surface area contributed by atoms with Gasteiger partial charge >= 0.3 is 0 Å². The van der Waals surface area contributed by atoms with E-state index in [0.717, 1.165) is 50.9 Å². The molecule has 2 heterocycles. The van der Waals surface area contributed by atoms with Gasteiger partial charge in [0.15, 0.2) is 5.96 Å². The van der Waals surface area contributed by atoms with E-state index in [-0.39, 0.29) is 24.0 Å². The summed E-state index contributed by atoms with van der Waals surface area (Å²) in [5.74, 6) is 1.97. The highest BCUT2D eigenvalue weighted by molar-refractivity contribution is 14.0. The van der Waals surface area contributed by atoms with Crippen LogP contribution in [-0.2, 0) is 19.5 Å². The number of pyridine rings is 1. The number of aliphatic imine (C=N–C) groups is 1. The Kier molecular flexibility index (Phi) is 9.84. The number of benzene rings is 1. The van der Waals surface area contributed by atoms with Crippen molar-refractivity contribution in [2.45, 2.75) is 26.4 Å². The van der Waals surface area contributed by atoms with Gasteiger partial charge in [-0.1, -0.05) is 37.3 Å². The fourth-order valence-electron chi connectivity index (χ4n) is 3.66. The highest BCUT2D eigenvalue weighted by Crippen LogP contribution is 2.18. The second-order valence-electron chi connectivity index (χ2n) is 7.70. The van der Waals surface area contributed by atoms with E-state index in [1.165, 1.54) is 16.7 Å². The number of hydrogen-bond donors (Lipinski definition) is 1. The molecule has 1 N–H and O–H groups in total. The minimum atomic E-state index is 0. The van der Waals surface area contributed by atoms with Crippen molar-refractivity contribution in [2.24, 2.45) is 4.99 Å². The highest BCUT2D eigenvalue weighted by atomic mass is 127. The van der Waals surface area contributed by atoms with Crippen LogP contribution >= 0.6 is 24.0 Å². The van der Waals surface area contributed by atoms with Crippen LogP contribution in [0.1, 0.15) is 23.6 Å². The van der Waals surface area contributed by atoms with Crippen LogP contribution in [-0.4, -0.2) is 68.1 Å². The first-order chi connectivity index (χ1) is 14.1. The molecule has 0 amide bonds. The summed E-state index contributed by atoms with van der Waals surface area (Å²) in [6.07, 6.45) is 2.96. The Hall–Kier alpha value is -1.87. The maximum absolute atomic E-state index is 4.67. The Labute approximate surface area is 198 Å². The van der Waals surface area contributed by atoms with E-state index in [9.17, 15) is 0 Å². The SMILES string of the molecule is CCc1ccc(CN(C)C(=NC)NCc2cccnc2N2CCN(C)CC2)cc1.I.